The zero-order valence-electron chi connectivity index (χ0n) is 18.2. The number of benzene rings is 2. The van der Waals surface area contributed by atoms with Gasteiger partial charge < -0.3 is 13.9 Å². The van der Waals surface area contributed by atoms with Crippen molar-refractivity contribution in [2.75, 3.05) is 13.1 Å². The zero-order valence-corrected chi connectivity index (χ0v) is 18.2. The molecule has 0 unspecified atom stereocenters. The molecule has 1 aliphatic carbocycles. The lowest BCUT2D eigenvalue weighted by molar-refractivity contribution is -0.131. The predicted octanol–water partition coefficient (Wildman–Crippen LogP) is 4.93. The van der Waals surface area contributed by atoms with Crippen molar-refractivity contribution in [2.24, 2.45) is 11.8 Å². The summed E-state index contributed by atoms with van der Waals surface area (Å²) in [6.45, 7) is 4.59. The summed E-state index contributed by atoms with van der Waals surface area (Å²) in [7, 11) is 0. The molecule has 2 fully saturated rings. The maximum Gasteiger partial charge on any atom is 0.225 e. The van der Waals surface area contributed by atoms with Gasteiger partial charge in [0.2, 0.25) is 5.91 Å². The first-order valence-electron chi connectivity index (χ1n) is 11.4. The number of aryl methyl sites for hydroxylation is 1. The molecule has 6 rings (SSSR count). The van der Waals surface area contributed by atoms with Gasteiger partial charge in [-0.3, -0.25) is 4.79 Å². The Balaban J connectivity index is 1.21. The lowest BCUT2D eigenvalue weighted by atomic mass is 10.0. The maximum atomic E-state index is 12.4. The van der Waals surface area contributed by atoms with Gasteiger partial charge in [-0.15, -0.1) is 10.2 Å². The monoisotopic (exact) mass is 426 g/mol. The molecule has 0 bridgehead atoms. The summed E-state index contributed by atoms with van der Waals surface area (Å²) in [6.07, 6.45) is 4.91. The summed E-state index contributed by atoms with van der Waals surface area (Å²) in [4.78, 5) is 14.5. The Kier molecular flexibility index (Phi) is 4.59. The van der Waals surface area contributed by atoms with Crippen LogP contribution in [0.3, 0.4) is 0 Å². The van der Waals surface area contributed by atoms with Crippen LogP contribution in [0, 0.1) is 18.8 Å². The summed E-state index contributed by atoms with van der Waals surface area (Å²) in [6, 6.07) is 16.7. The van der Waals surface area contributed by atoms with Crippen molar-refractivity contribution >= 4 is 16.9 Å². The van der Waals surface area contributed by atoms with E-state index in [2.05, 4.69) is 56.1 Å². The molecule has 0 N–H and O–H groups in total. The summed E-state index contributed by atoms with van der Waals surface area (Å²) >= 11 is 0. The molecule has 3 heterocycles. The van der Waals surface area contributed by atoms with Crippen LogP contribution >= 0.6 is 0 Å². The Bertz CT molecular complexity index is 1280. The Morgan fingerprint density at radius 1 is 1.00 bits per heavy atom. The average Bonchev–Trinajstić information content (AvgIpc) is 3.21. The van der Waals surface area contributed by atoms with Crippen LogP contribution in [0.4, 0.5) is 0 Å². The van der Waals surface area contributed by atoms with E-state index in [0.717, 1.165) is 78.2 Å². The molecule has 1 saturated carbocycles. The Hall–Kier alpha value is -3.41. The number of carbonyl (C=O) groups is 1. The minimum absolute atomic E-state index is 0.300. The molecule has 1 atom stereocenters. The Morgan fingerprint density at radius 2 is 1.78 bits per heavy atom. The fourth-order valence-electron chi connectivity index (χ4n) is 4.80. The number of furan rings is 1. The molecule has 1 aliphatic heterocycles. The number of rotatable bonds is 5. The van der Waals surface area contributed by atoms with Crippen LogP contribution in [-0.2, 0) is 11.3 Å². The highest BCUT2D eigenvalue weighted by molar-refractivity contribution is 5.84. The van der Waals surface area contributed by atoms with Gasteiger partial charge in [0.1, 0.15) is 11.4 Å². The number of fused-ring (bicyclic) bond motifs is 1. The van der Waals surface area contributed by atoms with E-state index in [0.29, 0.717) is 17.7 Å². The smallest absolute Gasteiger partial charge is 0.225 e. The molecule has 32 heavy (non-hydrogen) atoms. The Morgan fingerprint density at radius 3 is 2.59 bits per heavy atom. The van der Waals surface area contributed by atoms with Crippen molar-refractivity contribution in [3.63, 3.8) is 0 Å². The van der Waals surface area contributed by atoms with Crippen molar-refractivity contribution in [3.8, 4) is 22.5 Å². The normalized spacial score (nSPS) is 18.5. The van der Waals surface area contributed by atoms with Crippen molar-refractivity contribution in [1.82, 2.24) is 19.7 Å². The third kappa shape index (κ3) is 3.49. The number of likely N-dealkylation sites (tertiary alicyclic amines) is 1. The van der Waals surface area contributed by atoms with Crippen molar-refractivity contribution in [2.45, 2.75) is 32.7 Å². The predicted molar refractivity (Wildman–Crippen MR) is 123 cm³/mol. The quantitative estimate of drug-likeness (QED) is 0.454. The SMILES string of the molecule is Cc1nnc(-c2ccc(-c3ccc4occc4c3)cc2)n1C[C@H]1CCN(C(=O)C2CC2)C1. The topological polar surface area (TPSA) is 64.2 Å². The lowest BCUT2D eigenvalue weighted by Gasteiger charge is -2.17. The third-order valence-electron chi connectivity index (χ3n) is 6.83. The molecule has 162 valence electrons. The first-order chi connectivity index (χ1) is 15.7. The molecule has 1 amide bonds. The van der Waals surface area contributed by atoms with Crippen LogP contribution in [0.2, 0.25) is 0 Å². The maximum absolute atomic E-state index is 12.4. The molecule has 6 heteroatoms. The molecule has 2 aromatic heterocycles. The van der Waals surface area contributed by atoms with Gasteiger partial charge in [0.25, 0.3) is 0 Å². The van der Waals surface area contributed by atoms with Gasteiger partial charge in [0.05, 0.1) is 6.26 Å². The molecule has 1 saturated heterocycles. The molecular weight excluding hydrogens is 400 g/mol. The minimum atomic E-state index is 0.300. The number of aromatic nitrogens is 3. The second kappa shape index (κ2) is 7.62. The van der Waals surface area contributed by atoms with E-state index in [1.54, 1.807) is 6.26 Å². The van der Waals surface area contributed by atoms with Gasteiger partial charge in [0, 0.05) is 36.5 Å². The molecule has 6 nitrogen and oxygen atoms in total. The number of carbonyl (C=O) groups excluding carboxylic acids is 1. The fraction of sp³-hybridized carbons (Fsp3) is 0.346. The molecule has 0 radical (unpaired) electrons. The largest absolute Gasteiger partial charge is 0.464 e. The summed E-state index contributed by atoms with van der Waals surface area (Å²) in [5.41, 5.74) is 4.28. The van der Waals surface area contributed by atoms with Gasteiger partial charge >= 0.3 is 0 Å². The van der Waals surface area contributed by atoms with Crippen LogP contribution < -0.4 is 0 Å². The van der Waals surface area contributed by atoms with E-state index in [-0.39, 0.29) is 0 Å². The lowest BCUT2D eigenvalue weighted by Crippen LogP contribution is -2.30. The van der Waals surface area contributed by atoms with Crippen LogP contribution in [0.5, 0.6) is 0 Å². The second-order valence-electron chi connectivity index (χ2n) is 9.15. The van der Waals surface area contributed by atoms with Gasteiger partial charge in [-0.05, 0) is 61.4 Å². The number of nitrogens with zero attached hydrogens (tertiary/aromatic N) is 4. The van der Waals surface area contributed by atoms with Crippen molar-refractivity contribution in [3.05, 3.63) is 60.6 Å². The molecule has 4 aromatic rings. The number of amides is 1. The van der Waals surface area contributed by atoms with Crippen molar-refractivity contribution < 1.29 is 9.21 Å². The summed E-state index contributed by atoms with van der Waals surface area (Å²) in [5.74, 6) is 2.92. The first-order valence-corrected chi connectivity index (χ1v) is 11.4. The summed E-state index contributed by atoms with van der Waals surface area (Å²) < 4.78 is 7.66. The van der Waals surface area contributed by atoms with E-state index >= 15 is 0 Å². The van der Waals surface area contributed by atoms with E-state index in [9.17, 15) is 4.79 Å². The highest BCUT2D eigenvalue weighted by Gasteiger charge is 2.36. The van der Waals surface area contributed by atoms with Gasteiger partial charge in [-0.25, -0.2) is 0 Å². The highest BCUT2D eigenvalue weighted by Crippen LogP contribution is 2.33. The number of hydrogen-bond donors (Lipinski definition) is 0. The zero-order chi connectivity index (χ0) is 21.7. The first kappa shape index (κ1) is 19.3. The Labute approximate surface area is 186 Å². The van der Waals surface area contributed by atoms with Gasteiger partial charge in [-0.1, -0.05) is 30.3 Å². The summed E-state index contributed by atoms with van der Waals surface area (Å²) in [5, 5.41) is 9.94. The van der Waals surface area contributed by atoms with E-state index in [4.69, 9.17) is 4.42 Å². The van der Waals surface area contributed by atoms with Crippen LogP contribution in [-0.4, -0.2) is 38.7 Å². The third-order valence-corrected chi connectivity index (χ3v) is 6.83. The second-order valence-corrected chi connectivity index (χ2v) is 9.15. The van der Waals surface area contributed by atoms with E-state index in [1.807, 2.05) is 19.1 Å². The molecule has 0 spiro atoms. The van der Waals surface area contributed by atoms with E-state index in [1.165, 1.54) is 0 Å². The number of hydrogen-bond acceptors (Lipinski definition) is 4. The molecule has 2 aromatic carbocycles. The average molecular weight is 427 g/mol. The van der Waals surface area contributed by atoms with Crippen molar-refractivity contribution in [1.29, 1.82) is 0 Å². The van der Waals surface area contributed by atoms with Crippen LogP contribution in [0.15, 0.2) is 59.2 Å². The van der Waals surface area contributed by atoms with Gasteiger partial charge in [-0.2, -0.15) is 0 Å². The van der Waals surface area contributed by atoms with Gasteiger partial charge in [0.15, 0.2) is 5.82 Å². The van der Waals surface area contributed by atoms with Crippen LogP contribution in [0.25, 0.3) is 33.5 Å². The standard InChI is InChI=1S/C26H26N4O2/c1-17-27-28-25(30(17)16-18-10-12-29(15-18)26(31)21-6-7-21)20-4-2-19(3-5-20)22-8-9-24-23(14-22)11-13-32-24/h2-5,8-9,11,13-14,18,21H,6-7,10,12,15-16H2,1H3/t18-/m0/s1. The molecular formula is C26H26N4O2. The fourth-order valence-corrected chi connectivity index (χ4v) is 4.80. The molecule has 2 aliphatic rings. The highest BCUT2D eigenvalue weighted by atomic mass is 16.3. The van der Waals surface area contributed by atoms with Crippen LogP contribution in [0.1, 0.15) is 25.1 Å². The minimum Gasteiger partial charge on any atom is -0.464 e. The van der Waals surface area contributed by atoms with E-state index < -0.39 is 0 Å².